The summed E-state index contributed by atoms with van der Waals surface area (Å²) in [6.07, 6.45) is 1.51. The van der Waals surface area contributed by atoms with E-state index in [1.165, 1.54) is 17.8 Å². The molecule has 2 aromatic carbocycles. The fourth-order valence-corrected chi connectivity index (χ4v) is 3.47. The van der Waals surface area contributed by atoms with Crippen molar-refractivity contribution in [1.82, 2.24) is 15.8 Å². The van der Waals surface area contributed by atoms with Crippen LogP contribution in [0.15, 0.2) is 48.5 Å². The van der Waals surface area contributed by atoms with E-state index in [1.54, 1.807) is 26.0 Å². The molecule has 32 heavy (non-hydrogen) atoms. The number of aromatic hydroxyl groups is 1. The third-order valence-electron chi connectivity index (χ3n) is 4.72. The fraction of sp³-hybridized carbons (Fsp3) is 0.348. The second-order valence-corrected chi connectivity index (χ2v) is 7.99. The molecule has 0 fully saturated rings. The van der Waals surface area contributed by atoms with Crippen LogP contribution in [-0.2, 0) is 16.1 Å². The maximum atomic E-state index is 13.4. The minimum absolute atomic E-state index is 0.000628. The van der Waals surface area contributed by atoms with E-state index in [4.69, 9.17) is 4.74 Å². The second-order valence-electron chi connectivity index (χ2n) is 7.00. The van der Waals surface area contributed by atoms with Crippen molar-refractivity contribution in [3.05, 3.63) is 65.2 Å². The average Bonchev–Trinajstić information content (AvgIpc) is 2.78. The number of phenolic OH excluding ortho intramolecular Hbond substituents is 1. The largest absolute Gasteiger partial charge is 0.508 e. The van der Waals surface area contributed by atoms with Crippen LogP contribution in [0.5, 0.6) is 5.75 Å². The number of amides is 3. The van der Waals surface area contributed by atoms with E-state index in [1.807, 2.05) is 36.6 Å². The molecule has 9 heteroatoms. The SMILES string of the molecule is CCOC(=O)NN(Cc1ccccc1)C(=O)[C@H](CCSC)NC(=O)c1cccc(O)c1C. The van der Waals surface area contributed by atoms with Crippen molar-refractivity contribution in [2.45, 2.75) is 32.9 Å². The predicted molar refractivity (Wildman–Crippen MR) is 124 cm³/mol. The molecule has 0 aromatic heterocycles. The Morgan fingerprint density at radius 3 is 2.50 bits per heavy atom. The topological polar surface area (TPSA) is 108 Å². The number of hydrazine groups is 1. The molecular weight excluding hydrogens is 430 g/mol. The summed E-state index contributed by atoms with van der Waals surface area (Å²) in [4.78, 5) is 38.3. The van der Waals surface area contributed by atoms with Gasteiger partial charge in [-0.05, 0) is 50.0 Å². The predicted octanol–water partition coefficient (Wildman–Crippen LogP) is 3.24. The summed E-state index contributed by atoms with van der Waals surface area (Å²) < 4.78 is 4.94. The lowest BCUT2D eigenvalue weighted by molar-refractivity contribution is -0.136. The first-order valence-electron chi connectivity index (χ1n) is 10.2. The van der Waals surface area contributed by atoms with Gasteiger partial charge in [0.05, 0.1) is 13.2 Å². The lowest BCUT2D eigenvalue weighted by Crippen LogP contribution is -2.54. The first-order valence-corrected chi connectivity index (χ1v) is 11.6. The molecule has 0 radical (unpaired) electrons. The van der Waals surface area contributed by atoms with Crippen molar-refractivity contribution in [1.29, 1.82) is 0 Å². The van der Waals surface area contributed by atoms with E-state index in [9.17, 15) is 19.5 Å². The Morgan fingerprint density at radius 2 is 1.84 bits per heavy atom. The zero-order chi connectivity index (χ0) is 23.5. The van der Waals surface area contributed by atoms with E-state index >= 15 is 0 Å². The number of phenols is 1. The minimum atomic E-state index is -0.887. The molecular formula is C23H29N3O5S. The van der Waals surface area contributed by atoms with Crippen LogP contribution in [0.25, 0.3) is 0 Å². The van der Waals surface area contributed by atoms with Crippen molar-refractivity contribution in [2.75, 3.05) is 18.6 Å². The lowest BCUT2D eigenvalue weighted by Gasteiger charge is -2.28. The zero-order valence-corrected chi connectivity index (χ0v) is 19.3. The smallest absolute Gasteiger partial charge is 0.426 e. The molecule has 0 heterocycles. The molecule has 0 saturated heterocycles. The van der Waals surface area contributed by atoms with Crippen LogP contribution >= 0.6 is 11.8 Å². The summed E-state index contributed by atoms with van der Waals surface area (Å²) in [6.45, 7) is 3.56. The van der Waals surface area contributed by atoms with Crippen LogP contribution in [-0.4, -0.2) is 52.7 Å². The Morgan fingerprint density at radius 1 is 1.12 bits per heavy atom. The van der Waals surface area contributed by atoms with Crippen LogP contribution in [0.2, 0.25) is 0 Å². The molecule has 2 rings (SSSR count). The Labute approximate surface area is 192 Å². The number of carbonyl (C=O) groups excluding carboxylic acids is 3. The van der Waals surface area contributed by atoms with Crippen molar-refractivity contribution < 1.29 is 24.2 Å². The van der Waals surface area contributed by atoms with Gasteiger partial charge >= 0.3 is 6.09 Å². The van der Waals surface area contributed by atoms with Gasteiger partial charge in [-0.25, -0.2) is 15.2 Å². The second kappa shape index (κ2) is 12.6. The highest BCUT2D eigenvalue weighted by Gasteiger charge is 2.28. The molecule has 0 saturated carbocycles. The van der Waals surface area contributed by atoms with Gasteiger partial charge in [0, 0.05) is 11.1 Å². The molecule has 172 valence electrons. The van der Waals surface area contributed by atoms with Gasteiger partial charge in [0.25, 0.3) is 11.8 Å². The number of rotatable bonds is 9. The molecule has 0 aliphatic heterocycles. The molecule has 2 aromatic rings. The van der Waals surface area contributed by atoms with Gasteiger partial charge in [0.2, 0.25) is 0 Å². The first-order chi connectivity index (χ1) is 15.4. The Bertz CT molecular complexity index is 923. The Hall–Kier alpha value is -3.20. The van der Waals surface area contributed by atoms with Gasteiger partial charge in [-0.2, -0.15) is 11.8 Å². The number of hydrogen-bond acceptors (Lipinski definition) is 6. The number of ether oxygens (including phenoxy) is 1. The molecule has 0 aliphatic carbocycles. The highest BCUT2D eigenvalue weighted by atomic mass is 32.2. The van der Waals surface area contributed by atoms with E-state index in [-0.39, 0.29) is 24.5 Å². The zero-order valence-electron chi connectivity index (χ0n) is 18.5. The molecule has 0 unspecified atom stereocenters. The van der Waals surface area contributed by atoms with Gasteiger partial charge < -0.3 is 15.2 Å². The maximum absolute atomic E-state index is 13.4. The van der Waals surface area contributed by atoms with E-state index in [0.717, 1.165) is 10.6 Å². The van der Waals surface area contributed by atoms with Crippen LogP contribution < -0.4 is 10.7 Å². The monoisotopic (exact) mass is 459 g/mol. The Kier molecular flexibility index (Phi) is 9.87. The van der Waals surface area contributed by atoms with Crippen LogP contribution in [0, 0.1) is 6.92 Å². The van der Waals surface area contributed by atoms with Crippen molar-refractivity contribution in [3.8, 4) is 5.75 Å². The van der Waals surface area contributed by atoms with Gasteiger partial charge in [-0.1, -0.05) is 36.4 Å². The van der Waals surface area contributed by atoms with Crippen LogP contribution in [0.3, 0.4) is 0 Å². The summed E-state index contributed by atoms with van der Waals surface area (Å²) in [5, 5.41) is 13.8. The maximum Gasteiger partial charge on any atom is 0.426 e. The standard InChI is InChI=1S/C23H29N3O5S/c1-4-31-23(30)25-26(15-17-9-6-5-7-10-17)22(29)19(13-14-32-3)24-21(28)18-11-8-12-20(27)16(18)2/h5-12,19,27H,4,13-15H2,1-3H3,(H,24,28)(H,25,30)/t19-/m0/s1. The normalized spacial score (nSPS) is 11.3. The quantitative estimate of drug-likeness (QED) is 0.497. The summed E-state index contributed by atoms with van der Waals surface area (Å²) >= 11 is 1.54. The summed E-state index contributed by atoms with van der Waals surface area (Å²) in [5.41, 5.74) is 3.98. The molecule has 8 nitrogen and oxygen atoms in total. The molecule has 0 aliphatic rings. The van der Waals surface area contributed by atoms with Crippen LogP contribution in [0.1, 0.15) is 34.8 Å². The average molecular weight is 460 g/mol. The highest BCUT2D eigenvalue weighted by molar-refractivity contribution is 7.98. The van der Waals surface area contributed by atoms with E-state index in [0.29, 0.717) is 17.7 Å². The minimum Gasteiger partial charge on any atom is -0.508 e. The number of nitrogens with one attached hydrogen (secondary N) is 2. The molecule has 0 spiro atoms. The molecule has 0 bridgehead atoms. The number of nitrogens with zero attached hydrogens (tertiary/aromatic N) is 1. The third-order valence-corrected chi connectivity index (χ3v) is 5.36. The van der Waals surface area contributed by atoms with Gasteiger partial charge in [-0.3, -0.25) is 9.59 Å². The molecule has 3 amide bonds. The molecule has 1 atom stereocenters. The van der Waals surface area contributed by atoms with Crippen molar-refractivity contribution in [2.24, 2.45) is 0 Å². The Balaban J connectivity index is 2.27. The lowest BCUT2D eigenvalue weighted by atomic mass is 10.1. The number of benzene rings is 2. The number of carbonyl (C=O) groups is 3. The summed E-state index contributed by atoms with van der Waals surface area (Å²) in [7, 11) is 0. The summed E-state index contributed by atoms with van der Waals surface area (Å²) in [6, 6.07) is 12.9. The number of thioether (sulfide) groups is 1. The first kappa shape index (κ1) is 25.1. The molecule has 3 N–H and O–H groups in total. The van der Waals surface area contributed by atoms with Gasteiger partial charge in [0.15, 0.2) is 0 Å². The number of hydrogen-bond donors (Lipinski definition) is 3. The van der Waals surface area contributed by atoms with E-state index in [2.05, 4.69) is 10.7 Å². The van der Waals surface area contributed by atoms with Crippen molar-refractivity contribution >= 4 is 29.7 Å². The highest BCUT2D eigenvalue weighted by Crippen LogP contribution is 2.20. The van der Waals surface area contributed by atoms with Gasteiger partial charge in [0.1, 0.15) is 11.8 Å². The van der Waals surface area contributed by atoms with Crippen molar-refractivity contribution in [3.63, 3.8) is 0 Å². The summed E-state index contributed by atoms with van der Waals surface area (Å²) in [5.74, 6) is -0.330. The van der Waals surface area contributed by atoms with Crippen LogP contribution in [0.4, 0.5) is 4.79 Å². The van der Waals surface area contributed by atoms with E-state index < -0.39 is 23.9 Å². The third kappa shape index (κ3) is 7.19. The van der Waals surface area contributed by atoms with Gasteiger partial charge in [-0.15, -0.1) is 0 Å². The fourth-order valence-electron chi connectivity index (χ4n) is 3.00.